The Morgan fingerprint density at radius 3 is 2.16 bits per heavy atom. The van der Waals surface area contributed by atoms with Crippen molar-refractivity contribution in [1.82, 2.24) is 15.1 Å². The van der Waals surface area contributed by atoms with Crippen LogP contribution in [-0.4, -0.2) is 9.78 Å². The lowest BCUT2D eigenvalue weighted by atomic mass is 9.82. The Labute approximate surface area is 181 Å². The predicted molar refractivity (Wildman–Crippen MR) is 123 cm³/mol. The second-order valence-electron chi connectivity index (χ2n) is 8.78. The van der Waals surface area contributed by atoms with Crippen molar-refractivity contribution in [3.8, 4) is 11.3 Å². The molecule has 5 heteroatoms. The Morgan fingerprint density at radius 2 is 1.52 bits per heavy atom. The summed E-state index contributed by atoms with van der Waals surface area (Å²) in [5.41, 5.74) is 2.39. The highest BCUT2D eigenvalue weighted by atomic mass is 19.1. The smallest absolute Gasteiger partial charge is 0.275 e. The summed E-state index contributed by atoms with van der Waals surface area (Å²) in [5, 5.41) is 9.65. The second-order valence-corrected chi connectivity index (χ2v) is 8.78. The van der Waals surface area contributed by atoms with E-state index in [1.807, 2.05) is 54.6 Å². The summed E-state index contributed by atoms with van der Waals surface area (Å²) in [6.45, 7) is 6.57. The van der Waals surface area contributed by atoms with E-state index in [4.69, 9.17) is 5.10 Å². The lowest BCUT2D eigenvalue weighted by Gasteiger charge is -2.32. The van der Waals surface area contributed by atoms with Crippen molar-refractivity contribution >= 4 is 10.8 Å². The van der Waals surface area contributed by atoms with Gasteiger partial charge in [0, 0.05) is 17.0 Å². The number of hydrogen-bond acceptors (Lipinski definition) is 3. The highest BCUT2D eigenvalue weighted by molar-refractivity contribution is 5.93. The SMILES string of the molecule is CC(C)(C)C(NCn1nc(-c2ccccc2)c2ccccc2c1=O)c1ccc(F)cc1. The molecule has 4 aromatic rings. The third-order valence-corrected chi connectivity index (χ3v) is 5.43. The summed E-state index contributed by atoms with van der Waals surface area (Å²) < 4.78 is 14.9. The molecule has 0 amide bonds. The molecular weight excluding hydrogens is 389 g/mol. The number of halogens is 1. The Balaban J connectivity index is 1.75. The van der Waals surface area contributed by atoms with E-state index in [0.29, 0.717) is 5.39 Å². The first-order valence-corrected chi connectivity index (χ1v) is 10.4. The molecule has 0 aliphatic carbocycles. The van der Waals surface area contributed by atoms with Crippen molar-refractivity contribution < 1.29 is 4.39 Å². The summed E-state index contributed by atoms with van der Waals surface area (Å²) in [7, 11) is 0. The zero-order chi connectivity index (χ0) is 22.0. The van der Waals surface area contributed by atoms with Gasteiger partial charge in [-0.15, -0.1) is 0 Å². The minimum atomic E-state index is -0.267. The molecule has 0 aliphatic heterocycles. The van der Waals surface area contributed by atoms with Crippen molar-refractivity contribution in [1.29, 1.82) is 0 Å². The van der Waals surface area contributed by atoms with Crippen LogP contribution in [0.2, 0.25) is 0 Å². The van der Waals surface area contributed by atoms with E-state index in [1.54, 1.807) is 12.1 Å². The van der Waals surface area contributed by atoms with Gasteiger partial charge in [-0.25, -0.2) is 9.07 Å². The normalized spacial score (nSPS) is 12.8. The van der Waals surface area contributed by atoms with Crippen LogP contribution < -0.4 is 10.9 Å². The zero-order valence-corrected chi connectivity index (χ0v) is 18.0. The van der Waals surface area contributed by atoms with E-state index in [1.165, 1.54) is 16.8 Å². The van der Waals surface area contributed by atoms with Crippen molar-refractivity contribution in [2.75, 3.05) is 0 Å². The Hall–Kier alpha value is -3.31. The summed E-state index contributed by atoms with van der Waals surface area (Å²) in [6, 6.07) is 23.8. The van der Waals surface area contributed by atoms with Gasteiger partial charge >= 0.3 is 0 Å². The summed E-state index contributed by atoms with van der Waals surface area (Å²) in [6.07, 6.45) is 0. The molecule has 0 aliphatic rings. The number of aromatic nitrogens is 2. The molecule has 3 aromatic carbocycles. The van der Waals surface area contributed by atoms with Crippen LogP contribution in [0.15, 0.2) is 83.7 Å². The van der Waals surface area contributed by atoms with Crippen LogP contribution >= 0.6 is 0 Å². The zero-order valence-electron chi connectivity index (χ0n) is 18.0. The topological polar surface area (TPSA) is 46.9 Å². The average molecular weight is 416 g/mol. The lowest BCUT2D eigenvalue weighted by Crippen LogP contribution is -2.37. The van der Waals surface area contributed by atoms with Gasteiger partial charge in [0.2, 0.25) is 0 Å². The molecule has 1 atom stereocenters. The highest BCUT2D eigenvalue weighted by Crippen LogP contribution is 2.33. The first kappa shape index (κ1) is 20.9. The van der Waals surface area contributed by atoms with Crippen LogP contribution in [0.25, 0.3) is 22.0 Å². The number of nitrogens with zero attached hydrogens (tertiary/aromatic N) is 2. The van der Waals surface area contributed by atoms with Gasteiger partial charge in [0.25, 0.3) is 5.56 Å². The second kappa shape index (κ2) is 8.44. The summed E-state index contributed by atoms with van der Waals surface area (Å²) in [4.78, 5) is 13.2. The monoisotopic (exact) mass is 415 g/mol. The van der Waals surface area contributed by atoms with Crippen LogP contribution in [0.4, 0.5) is 4.39 Å². The molecule has 0 saturated heterocycles. The van der Waals surface area contributed by atoms with Crippen LogP contribution in [0.5, 0.6) is 0 Å². The van der Waals surface area contributed by atoms with Gasteiger partial charge in [0.1, 0.15) is 5.82 Å². The summed E-state index contributed by atoms with van der Waals surface area (Å²) in [5.74, 6) is -0.267. The molecule has 4 nitrogen and oxygen atoms in total. The molecular formula is C26H26FN3O. The van der Waals surface area contributed by atoms with E-state index >= 15 is 0 Å². The number of benzene rings is 3. The molecule has 1 heterocycles. The standard InChI is InChI=1S/C26H26FN3O/c1-26(2,3)24(19-13-15-20(27)16-14-19)28-17-30-25(31)22-12-8-7-11-21(22)23(29-30)18-9-5-4-6-10-18/h4-16,24,28H,17H2,1-3H3. The minimum absolute atomic E-state index is 0.0894. The Bertz CT molecular complexity index is 1240. The van der Waals surface area contributed by atoms with Gasteiger partial charge in [0.05, 0.1) is 17.7 Å². The summed E-state index contributed by atoms with van der Waals surface area (Å²) >= 11 is 0. The molecule has 0 radical (unpaired) electrons. The van der Waals surface area contributed by atoms with E-state index in [2.05, 4.69) is 26.1 Å². The van der Waals surface area contributed by atoms with E-state index in [0.717, 1.165) is 22.2 Å². The third kappa shape index (κ3) is 4.42. The molecule has 0 fully saturated rings. The molecule has 158 valence electrons. The van der Waals surface area contributed by atoms with E-state index < -0.39 is 0 Å². The molecule has 1 aromatic heterocycles. The highest BCUT2D eigenvalue weighted by Gasteiger charge is 2.26. The van der Waals surface area contributed by atoms with Crippen molar-refractivity contribution in [2.45, 2.75) is 33.5 Å². The van der Waals surface area contributed by atoms with Crippen LogP contribution in [0.1, 0.15) is 32.4 Å². The van der Waals surface area contributed by atoms with Crippen molar-refractivity contribution in [3.05, 3.63) is 101 Å². The fraction of sp³-hybridized carbons (Fsp3) is 0.231. The maximum absolute atomic E-state index is 13.4. The van der Waals surface area contributed by atoms with Gasteiger partial charge in [0.15, 0.2) is 0 Å². The number of rotatable bonds is 5. The molecule has 1 unspecified atom stereocenters. The predicted octanol–water partition coefficient (Wildman–Crippen LogP) is 5.54. The van der Waals surface area contributed by atoms with Gasteiger partial charge < -0.3 is 0 Å². The number of fused-ring (bicyclic) bond motifs is 1. The van der Waals surface area contributed by atoms with Gasteiger partial charge in [-0.05, 0) is 29.2 Å². The van der Waals surface area contributed by atoms with Gasteiger partial charge in [-0.3, -0.25) is 10.1 Å². The third-order valence-electron chi connectivity index (χ3n) is 5.43. The van der Waals surface area contributed by atoms with Gasteiger partial charge in [-0.1, -0.05) is 81.4 Å². The van der Waals surface area contributed by atoms with Gasteiger partial charge in [-0.2, -0.15) is 5.10 Å². The number of nitrogens with one attached hydrogen (secondary N) is 1. The van der Waals surface area contributed by atoms with Crippen molar-refractivity contribution in [3.63, 3.8) is 0 Å². The maximum Gasteiger partial charge on any atom is 0.275 e. The fourth-order valence-corrected chi connectivity index (χ4v) is 3.91. The maximum atomic E-state index is 13.4. The molecule has 4 rings (SSSR count). The average Bonchev–Trinajstić information content (AvgIpc) is 2.76. The molecule has 0 bridgehead atoms. The van der Waals surface area contributed by atoms with Crippen LogP contribution in [0.3, 0.4) is 0 Å². The fourth-order valence-electron chi connectivity index (χ4n) is 3.91. The Kier molecular flexibility index (Phi) is 5.70. The lowest BCUT2D eigenvalue weighted by molar-refractivity contribution is 0.250. The Morgan fingerprint density at radius 1 is 0.903 bits per heavy atom. The molecule has 0 spiro atoms. The quantitative estimate of drug-likeness (QED) is 0.466. The van der Waals surface area contributed by atoms with Crippen LogP contribution in [0, 0.1) is 11.2 Å². The number of hydrogen-bond donors (Lipinski definition) is 1. The first-order valence-electron chi connectivity index (χ1n) is 10.4. The minimum Gasteiger partial charge on any atom is -0.291 e. The molecule has 0 saturated carbocycles. The van der Waals surface area contributed by atoms with E-state index in [9.17, 15) is 9.18 Å². The molecule has 1 N–H and O–H groups in total. The van der Waals surface area contributed by atoms with E-state index in [-0.39, 0.29) is 29.5 Å². The molecule has 31 heavy (non-hydrogen) atoms. The van der Waals surface area contributed by atoms with Crippen LogP contribution in [-0.2, 0) is 6.67 Å². The van der Waals surface area contributed by atoms with Crippen molar-refractivity contribution in [2.24, 2.45) is 5.41 Å². The first-order chi connectivity index (χ1) is 14.8. The largest absolute Gasteiger partial charge is 0.291 e.